The second-order valence-electron chi connectivity index (χ2n) is 7.96. The standard InChI is InChI=1S/C23H24N2O3/c1-23(2,3)17-7-4-15(5-8-17)18-13-19(25-14-24-18)22(26)16-6-9-20-21(12-16)28-11-10-27-20/h4-9,12-14,22,26H,10-11H2,1-3H3. The third kappa shape index (κ3) is 3.71. The number of aliphatic hydroxyl groups is 1. The fourth-order valence-corrected chi connectivity index (χ4v) is 3.22. The fourth-order valence-electron chi connectivity index (χ4n) is 3.22. The van der Waals surface area contributed by atoms with Gasteiger partial charge in [0.1, 0.15) is 25.6 Å². The van der Waals surface area contributed by atoms with E-state index in [9.17, 15) is 5.11 Å². The van der Waals surface area contributed by atoms with Crippen molar-refractivity contribution in [1.29, 1.82) is 0 Å². The van der Waals surface area contributed by atoms with Crippen LogP contribution in [0.5, 0.6) is 11.5 Å². The molecule has 5 heteroatoms. The maximum Gasteiger partial charge on any atom is 0.161 e. The van der Waals surface area contributed by atoms with E-state index in [4.69, 9.17) is 9.47 Å². The normalized spacial score (nSPS) is 14.6. The van der Waals surface area contributed by atoms with Crippen LogP contribution in [0.1, 0.15) is 43.7 Å². The Morgan fingerprint density at radius 2 is 1.61 bits per heavy atom. The number of benzene rings is 2. The first-order valence-electron chi connectivity index (χ1n) is 9.42. The van der Waals surface area contributed by atoms with Crippen LogP contribution in [0.4, 0.5) is 0 Å². The Morgan fingerprint density at radius 3 is 2.32 bits per heavy atom. The number of aromatic nitrogens is 2. The molecule has 1 aliphatic rings. The average molecular weight is 376 g/mol. The summed E-state index contributed by atoms with van der Waals surface area (Å²) >= 11 is 0. The van der Waals surface area contributed by atoms with Gasteiger partial charge in [-0.05, 0) is 34.7 Å². The first-order valence-corrected chi connectivity index (χ1v) is 9.42. The minimum atomic E-state index is -0.869. The molecule has 0 saturated carbocycles. The maximum atomic E-state index is 10.8. The molecule has 3 aromatic rings. The van der Waals surface area contributed by atoms with Crippen LogP contribution >= 0.6 is 0 Å². The van der Waals surface area contributed by atoms with Gasteiger partial charge < -0.3 is 14.6 Å². The van der Waals surface area contributed by atoms with E-state index in [1.165, 1.54) is 11.9 Å². The zero-order valence-electron chi connectivity index (χ0n) is 16.3. The van der Waals surface area contributed by atoms with Gasteiger partial charge in [0.05, 0.1) is 11.4 Å². The Labute approximate surface area is 165 Å². The van der Waals surface area contributed by atoms with Crippen molar-refractivity contribution in [2.24, 2.45) is 0 Å². The van der Waals surface area contributed by atoms with Gasteiger partial charge >= 0.3 is 0 Å². The van der Waals surface area contributed by atoms with Gasteiger partial charge in [0, 0.05) is 5.56 Å². The Kier molecular flexibility index (Phi) is 4.77. The molecule has 4 rings (SSSR count). The van der Waals surface area contributed by atoms with E-state index in [1.807, 2.05) is 18.2 Å². The second-order valence-corrected chi connectivity index (χ2v) is 7.96. The highest BCUT2D eigenvalue weighted by atomic mass is 16.6. The summed E-state index contributed by atoms with van der Waals surface area (Å²) in [5.41, 5.74) is 4.39. The number of rotatable bonds is 3. The highest BCUT2D eigenvalue weighted by Gasteiger charge is 2.19. The number of fused-ring (bicyclic) bond motifs is 1. The first-order chi connectivity index (χ1) is 13.4. The summed E-state index contributed by atoms with van der Waals surface area (Å²) in [6.07, 6.45) is 0.621. The van der Waals surface area contributed by atoms with Crippen LogP contribution < -0.4 is 9.47 Å². The van der Waals surface area contributed by atoms with E-state index >= 15 is 0 Å². The Hall–Kier alpha value is -2.92. The zero-order valence-corrected chi connectivity index (χ0v) is 16.3. The van der Waals surface area contributed by atoms with Crippen LogP contribution in [0, 0.1) is 0 Å². The predicted octanol–water partition coefficient (Wildman–Crippen LogP) is 4.29. The van der Waals surface area contributed by atoms with Crippen molar-refractivity contribution in [1.82, 2.24) is 9.97 Å². The summed E-state index contributed by atoms with van der Waals surface area (Å²) in [5, 5.41) is 10.8. The average Bonchev–Trinajstić information content (AvgIpc) is 2.72. The highest BCUT2D eigenvalue weighted by Crippen LogP contribution is 2.34. The minimum absolute atomic E-state index is 0.101. The van der Waals surface area contributed by atoms with E-state index < -0.39 is 6.10 Å². The molecular formula is C23H24N2O3. The predicted molar refractivity (Wildman–Crippen MR) is 108 cm³/mol. The van der Waals surface area contributed by atoms with Crippen LogP contribution in [0.15, 0.2) is 54.9 Å². The lowest BCUT2D eigenvalue weighted by molar-refractivity contribution is 0.169. The topological polar surface area (TPSA) is 64.5 Å². The van der Waals surface area contributed by atoms with Crippen LogP contribution in [-0.4, -0.2) is 28.3 Å². The molecule has 2 heterocycles. The molecule has 1 atom stereocenters. The monoisotopic (exact) mass is 376 g/mol. The van der Waals surface area contributed by atoms with Crippen molar-refractivity contribution in [3.8, 4) is 22.8 Å². The van der Waals surface area contributed by atoms with Crippen molar-refractivity contribution < 1.29 is 14.6 Å². The van der Waals surface area contributed by atoms with Crippen LogP contribution in [-0.2, 0) is 5.41 Å². The van der Waals surface area contributed by atoms with Crippen LogP contribution in [0.2, 0.25) is 0 Å². The Morgan fingerprint density at radius 1 is 0.893 bits per heavy atom. The summed E-state index contributed by atoms with van der Waals surface area (Å²) in [6, 6.07) is 15.6. The molecule has 144 valence electrons. The molecule has 5 nitrogen and oxygen atoms in total. The second kappa shape index (κ2) is 7.24. The number of hydrogen-bond donors (Lipinski definition) is 1. The maximum absolute atomic E-state index is 10.8. The Balaban J connectivity index is 1.61. The molecule has 0 bridgehead atoms. The van der Waals surface area contributed by atoms with Gasteiger partial charge in [0.25, 0.3) is 0 Å². The summed E-state index contributed by atoms with van der Waals surface area (Å²) in [7, 11) is 0. The molecular weight excluding hydrogens is 352 g/mol. The van der Waals surface area contributed by atoms with Gasteiger partial charge in [0.2, 0.25) is 0 Å². The zero-order chi connectivity index (χ0) is 19.7. The molecule has 28 heavy (non-hydrogen) atoms. The fraction of sp³-hybridized carbons (Fsp3) is 0.304. The minimum Gasteiger partial charge on any atom is -0.486 e. The molecule has 1 unspecified atom stereocenters. The third-order valence-corrected chi connectivity index (χ3v) is 4.90. The van der Waals surface area contributed by atoms with E-state index in [-0.39, 0.29) is 5.41 Å². The molecule has 1 N–H and O–H groups in total. The van der Waals surface area contributed by atoms with Crippen molar-refractivity contribution >= 4 is 0 Å². The molecule has 1 aromatic heterocycles. The molecule has 0 saturated heterocycles. The van der Waals surface area contributed by atoms with Crippen molar-refractivity contribution in [3.63, 3.8) is 0 Å². The van der Waals surface area contributed by atoms with Gasteiger partial charge in [-0.1, -0.05) is 51.1 Å². The molecule has 2 aromatic carbocycles. The van der Waals surface area contributed by atoms with E-state index in [1.54, 1.807) is 6.07 Å². The van der Waals surface area contributed by atoms with Gasteiger partial charge in [-0.2, -0.15) is 0 Å². The molecule has 0 aliphatic carbocycles. The summed E-state index contributed by atoms with van der Waals surface area (Å²) in [4.78, 5) is 8.66. The van der Waals surface area contributed by atoms with E-state index in [2.05, 4.69) is 55.0 Å². The number of aliphatic hydroxyl groups excluding tert-OH is 1. The lowest BCUT2D eigenvalue weighted by atomic mass is 9.86. The van der Waals surface area contributed by atoms with Gasteiger partial charge in [-0.25, -0.2) is 9.97 Å². The summed E-state index contributed by atoms with van der Waals surface area (Å²) in [5.74, 6) is 1.35. The molecule has 1 aliphatic heterocycles. The van der Waals surface area contributed by atoms with E-state index in [0.717, 1.165) is 11.3 Å². The smallest absolute Gasteiger partial charge is 0.161 e. The van der Waals surface area contributed by atoms with Gasteiger partial charge in [0.15, 0.2) is 11.5 Å². The number of ether oxygens (including phenoxy) is 2. The van der Waals surface area contributed by atoms with Crippen LogP contribution in [0.25, 0.3) is 11.3 Å². The highest BCUT2D eigenvalue weighted by molar-refractivity contribution is 5.60. The van der Waals surface area contributed by atoms with Crippen LogP contribution in [0.3, 0.4) is 0 Å². The summed E-state index contributed by atoms with van der Waals surface area (Å²) in [6.45, 7) is 7.62. The quantitative estimate of drug-likeness (QED) is 0.739. The lowest BCUT2D eigenvalue weighted by Crippen LogP contribution is -2.15. The van der Waals surface area contributed by atoms with Gasteiger partial charge in [-0.15, -0.1) is 0 Å². The molecule has 0 amide bonds. The molecule has 0 fully saturated rings. The van der Waals surface area contributed by atoms with Gasteiger partial charge in [-0.3, -0.25) is 0 Å². The van der Waals surface area contributed by atoms with Crippen molar-refractivity contribution in [3.05, 3.63) is 71.7 Å². The molecule has 0 radical (unpaired) electrons. The first kappa shape index (κ1) is 18.4. The number of nitrogens with zero attached hydrogens (tertiary/aromatic N) is 2. The third-order valence-electron chi connectivity index (χ3n) is 4.90. The Bertz CT molecular complexity index is 978. The SMILES string of the molecule is CC(C)(C)c1ccc(-c2cc(C(O)c3ccc4c(c3)OCCO4)ncn2)cc1. The van der Waals surface area contributed by atoms with Crippen molar-refractivity contribution in [2.45, 2.75) is 32.3 Å². The summed E-state index contributed by atoms with van der Waals surface area (Å²) < 4.78 is 11.2. The van der Waals surface area contributed by atoms with Crippen molar-refractivity contribution in [2.75, 3.05) is 13.2 Å². The van der Waals surface area contributed by atoms with E-state index in [0.29, 0.717) is 36.0 Å². The largest absolute Gasteiger partial charge is 0.486 e. The lowest BCUT2D eigenvalue weighted by Gasteiger charge is -2.20. The number of hydrogen-bond acceptors (Lipinski definition) is 5. The molecule has 0 spiro atoms.